The second-order valence-corrected chi connectivity index (χ2v) is 10.4. The van der Waals surface area contributed by atoms with E-state index in [1.165, 1.54) is 21.3 Å². The van der Waals surface area contributed by atoms with Crippen LogP contribution in [0.1, 0.15) is 38.2 Å². The van der Waals surface area contributed by atoms with Gasteiger partial charge < -0.3 is 31.7 Å². The van der Waals surface area contributed by atoms with Crippen molar-refractivity contribution in [3.05, 3.63) is 52.6 Å². The summed E-state index contributed by atoms with van der Waals surface area (Å²) < 4.78 is 1.42. The summed E-state index contributed by atoms with van der Waals surface area (Å²) in [5, 5.41) is 15.6. The Hall–Kier alpha value is -3.32. The third-order valence-electron chi connectivity index (χ3n) is 7.29. The van der Waals surface area contributed by atoms with Gasteiger partial charge in [0, 0.05) is 51.0 Å². The highest BCUT2D eigenvalue weighted by atomic mass is 16.3. The standard InChI is InChI=1S/C26H38N8O4/c1-26(28,17-35)23(36)32-12-14-33(15-13-32)24(37)30-22-10-11-34(25(38)31-22)21-8-2-18(3-9-21)16-29-20-6-4-19(27)5-7-20/h2-3,8-11,19-20,29,35H,4-7,12-17,27-28H2,1H3,(H,30,31,37,38)/t19-,20-,26-/m0/s1. The molecular weight excluding hydrogens is 488 g/mol. The van der Waals surface area contributed by atoms with Crippen molar-refractivity contribution in [1.82, 2.24) is 24.7 Å². The quantitative estimate of drug-likeness (QED) is 0.335. The number of anilines is 1. The summed E-state index contributed by atoms with van der Waals surface area (Å²) in [5.41, 5.74) is 11.8. The SMILES string of the molecule is C[C@](N)(CO)C(=O)N1CCN(C(=O)Nc2ccn(-c3ccc(CN[C@H]4CC[C@H](N)CC4)cc3)c(=O)n2)CC1. The minimum absolute atomic E-state index is 0.151. The Morgan fingerprint density at radius 1 is 1.05 bits per heavy atom. The molecule has 1 aliphatic carbocycles. The zero-order chi connectivity index (χ0) is 27.3. The molecule has 0 radical (unpaired) electrons. The van der Waals surface area contributed by atoms with Crippen molar-refractivity contribution in [3.8, 4) is 5.69 Å². The van der Waals surface area contributed by atoms with E-state index in [-0.39, 0.29) is 11.7 Å². The molecule has 12 heteroatoms. The summed E-state index contributed by atoms with van der Waals surface area (Å²) in [6, 6.07) is 9.70. The number of nitrogens with one attached hydrogen (secondary N) is 2. The van der Waals surface area contributed by atoms with E-state index in [1.54, 1.807) is 12.3 Å². The first-order valence-electron chi connectivity index (χ1n) is 13.1. The first-order valence-corrected chi connectivity index (χ1v) is 13.1. The Kier molecular flexibility index (Phi) is 8.77. The molecule has 2 aromatic rings. The predicted molar refractivity (Wildman–Crippen MR) is 144 cm³/mol. The fraction of sp³-hybridized carbons (Fsp3) is 0.538. The van der Waals surface area contributed by atoms with Crippen LogP contribution in [0.15, 0.2) is 41.3 Å². The highest BCUT2D eigenvalue weighted by Crippen LogP contribution is 2.18. The van der Waals surface area contributed by atoms with Crippen LogP contribution in [0.4, 0.5) is 10.6 Å². The van der Waals surface area contributed by atoms with E-state index in [1.807, 2.05) is 24.3 Å². The normalized spacial score (nSPS) is 21.6. The first kappa shape index (κ1) is 27.7. The van der Waals surface area contributed by atoms with Crippen molar-refractivity contribution < 1.29 is 14.7 Å². The molecule has 1 aromatic heterocycles. The van der Waals surface area contributed by atoms with Crippen LogP contribution < -0.4 is 27.8 Å². The van der Waals surface area contributed by atoms with Crippen molar-refractivity contribution in [1.29, 1.82) is 0 Å². The number of urea groups is 1. The molecule has 2 heterocycles. The number of aromatic nitrogens is 2. The van der Waals surface area contributed by atoms with Gasteiger partial charge in [0.05, 0.1) is 12.3 Å². The number of carbonyl (C=O) groups excluding carboxylic acids is 2. The summed E-state index contributed by atoms with van der Waals surface area (Å²) in [6.07, 6.45) is 5.88. The van der Waals surface area contributed by atoms with Gasteiger partial charge in [0.1, 0.15) is 11.4 Å². The Labute approximate surface area is 222 Å². The maximum atomic E-state index is 12.7. The first-order chi connectivity index (χ1) is 18.2. The van der Waals surface area contributed by atoms with Gasteiger partial charge in [0.15, 0.2) is 0 Å². The number of nitrogens with zero attached hydrogens (tertiary/aromatic N) is 4. The molecule has 0 bridgehead atoms. The number of rotatable bonds is 7. The lowest BCUT2D eigenvalue weighted by atomic mass is 9.92. The van der Waals surface area contributed by atoms with Gasteiger partial charge in [0.2, 0.25) is 5.91 Å². The molecule has 0 spiro atoms. The molecule has 2 fully saturated rings. The maximum absolute atomic E-state index is 12.7. The summed E-state index contributed by atoms with van der Waals surface area (Å²) in [7, 11) is 0. The largest absolute Gasteiger partial charge is 0.394 e. The van der Waals surface area contributed by atoms with Gasteiger partial charge in [-0.25, -0.2) is 9.59 Å². The Bertz CT molecular complexity index is 1170. The van der Waals surface area contributed by atoms with E-state index in [4.69, 9.17) is 11.5 Å². The summed E-state index contributed by atoms with van der Waals surface area (Å²) >= 11 is 0. The van der Waals surface area contributed by atoms with Gasteiger partial charge in [-0.3, -0.25) is 14.7 Å². The number of amides is 3. The molecule has 2 aliphatic rings. The van der Waals surface area contributed by atoms with Gasteiger partial charge in [-0.05, 0) is 56.4 Å². The number of aliphatic hydroxyl groups is 1. The highest BCUT2D eigenvalue weighted by molar-refractivity contribution is 5.89. The van der Waals surface area contributed by atoms with Gasteiger partial charge in [0.25, 0.3) is 0 Å². The zero-order valence-corrected chi connectivity index (χ0v) is 21.8. The van der Waals surface area contributed by atoms with Crippen molar-refractivity contribution in [2.24, 2.45) is 11.5 Å². The second kappa shape index (κ2) is 12.0. The molecule has 3 amide bonds. The number of aliphatic hydroxyl groups excluding tert-OH is 1. The predicted octanol–water partition coefficient (Wildman–Crippen LogP) is -0.0222. The van der Waals surface area contributed by atoms with E-state index in [0.29, 0.717) is 44.0 Å². The lowest BCUT2D eigenvalue weighted by Gasteiger charge is -2.37. The van der Waals surface area contributed by atoms with Crippen LogP contribution in [0.2, 0.25) is 0 Å². The van der Waals surface area contributed by atoms with Crippen molar-refractivity contribution in [2.45, 2.75) is 56.8 Å². The lowest BCUT2D eigenvalue weighted by molar-refractivity contribution is -0.139. The third kappa shape index (κ3) is 6.76. The Morgan fingerprint density at radius 3 is 2.29 bits per heavy atom. The number of hydrogen-bond donors (Lipinski definition) is 5. The molecule has 7 N–H and O–H groups in total. The molecule has 0 unspecified atom stereocenters. The smallest absolute Gasteiger partial charge is 0.354 e. The maximum Gasteiger partial charge on any atom is 0.354 e. The van der Waals surface area contributed by atoms with E-state index in [2.05, 4.69) is 15.6 Å². The molecule has 38 heavy (non-hydrogen) atoms. The van der Waals surface area contributed by atoms with E-state index in [9.17, 15) is 19.5 Å². The topological polar surface area (TPSA) is 172 Å². The van der Waals surface area contributed by atoms with Crippen molar-refractivity contribution >= 4 is 17.8 Å². The molecule has 206 valence electrons. The summed E-state index contributed by atoms with van der Waals surface area (Å²) in [6.45, 7) is 2.97. The molecule has 1 saturated heterocycles. The van der Waals surface area contributed by atoms with Crippen LogP contribution in [0.25, 0.3) is 5.69 Å². The van der Waals surface area contributed by atoms with E-state index < -0.39 is 23.9 Å². The number of hydrogen-bond acceptors (Lipinski definition) is 8. The van der Waals surface area contributed by atoms with Crippen molar-refractivity contribution in [2.75, 3.05) is 38.1 Å². The molecule has 1 aliphatic heterocycles. The average molecular weight is 527 g/mol. The monoisotopic (exact) mass is 526 g/mol. The van der Waals surface area contributed by atoms with Crippen LogP contribution in [0, 0.1) is 0 Å². The second-order valence-electron chi connectivity index (χ2n) is 10.4. The number of carbonyl (C=O) groups is 2. The van der Waals surface area contributed by atoms with Crippen LogP contribution in [0.5, 0.6) is 0 Å². The minimum atomic E-state index is -1.35. The van der Waals surface area contributed by atoms with Gasteiger partial charge in [-0.1, -0.05) is 12.1 Å². The van der Waals surface area contributed by atoms with Crippen LogP contribution in [0.3, 0.4) is 0 Å². The van der Waals surface area contributed by atoms with Crippen molar-refractivity contribution in [3.63, 3.8) is 0 Å². The van der Waals surface area contributed by atoms with Crippen LogP contribution in [-0.4, -0.2) is 86.8 Å². The zero-order valence-electron chi connectivity index (χ0n) is 21.8. The van der Waals surface area contributed by atoms with Gasteiger partial charge in [-0.15, -0.1) is 0 Å². The van der Waals surface area contributed by atoms with Gasteiger partial charge >= 0.3 is 11.7 Å². The fourth-order valence-electron chi connectivity index (χ4n) is 4.76. The molecule has 4 rings (SSSR count). The molecule has 1 atom stereocenters. The van der Waals surface area contributed by atoms with E-state index in [0.717, 1.165) is 37.8 Å². The lowest BCUT2D eigenvalue weighted by Crippen LogP contribution is -2.60. The molecule has 12 nitrogen and oxygen atoms in total. The highest BCUT2D eigenvalue weighted by Gasteiger charge is 2.34. The minimum Gasteiger partial charge on any atom is -0.394 e. The summed E-state index contributed by atoms with van der Waals surface area (Å²) in [5.74, 6) is -0.207. The van der Waals surface area contributed by atoms with Crippen LogP contribution >= 0.6 is 0 Å². The Morgan fingerprint density at radius 2 is 1.68 bits per heavy atom. The molecule has 1 saturated carbocycles. The number of benzene rings is 1. The molecule has 1 aromatic carbocycles. The van der Waals surface area contributed by atoms with Gasteiger partial charge in [-0.2, -0.15) is 4.98 Å². The molecular formula is C26H38N8O4. The fourth-order valence-corrected chi connectivity index (χ4v) is 4.76. The number of nitrogens with two attached hydrogens (primary N) is 2. The van der Waals surface area contributed by atoms with E-state index >= 15 is 0 Å². The number of piperazine rings is 1. The van der Waals surface area contributed by atoms with Crippen LogP contribution in [-0.2, 0) is 11.3 Å². The summed E-state index contributed by atoms with van der Waals surface area (Å²) in [4.78, 5) is 44.8. The third-order valence-corrected chi connectivity index (χ3v) is 7.29. The Balaban J connectivity index is 1.29. The average Bonchev–Trinajstić information content (AvgIpc) is 2.93.